The Hall–Kier alpha value is -4.53. The number of esters is 2. The molecule has 2 aromatic carbocycles. The molecule has 0 radical (unpaired) electrons. The molecular weight excluding hydrogens is 476 g/mol. The van der Waals surface area contributed by atoms with Gasteiger partial charge in [0.2, 0.25) is 5.91 Å². The van der Waals surface area contributed by atoms with Crippen molar-refractivity contribution in [2.45, 2.75) is 33.4 Å². The fourth-order valence-corrected chi connectivity index (χ4v) is 5.36. The van der Waals surface area contributed by atoms with E-state index in [4.69, 9.17) is 4.74 Å². The van der Waals surface area contributed by atoms with Gasteiger partial charge < -0.3 is 19.8 Å². The molecule has 9 heteroatoms. The summed E-state index contributed by atoms with van der Waals surface area (Å²) in [5.74, 6) is -3.91. The number of ether oxygens (including phenoxy) is 1. The molecular formula is C28H25N2O7+. The van der Waals surface area contributed by atoms with Crippen LogP contribution in [-0.2, 0) is 30.5 Å². The summed E-state index contributed by atoms with van der Waals surface area (Å²) in [4.78, 5) is 50.5. The average Bonchev–Trinajstić information content (AvgIpc) is 3.08. The molecule has 0 aliphatic carbocycles. The molecule has 2 aliphatic heterocycles. The van der Waals surface area contributed by atoms with Crippen molar-refractivity contribution in [3.63, 3.8) is 0 Å². The molecule has 9 nitrogen and oxygen atoms in total. The number of aromatic nitrogens is 1. The van der Waals surface area contributed by atoms with Crippen LogP contribution in [0.15, 0.2) is 60.6 Å². The predicted octanol–water partition coefficient (Wildman–Crippen LogP) is 2.45. The van der Waals surface area contributed by atoms with Gasteiger partial charge >= 0.3 is 11.9 Å². The van der Waals surface area contributed by atoms with Crippen LogP contribution in [0.3, 0.4) is 0 Å². The van der Waals surface area contributed by atoms with Crippen LogP contribution in [0.1, 0.15) is 31.9 Å². The number of ketones is 1. The summed E-state index contributed by atoms with van der Waals surface area (Å²) in [7, 11) is 0. The van der Waals surface area contributed by atoms with E-state index in [9.17, 15) is 29.4 Å². The lowest BCUT2D eigenvalue weighted by Gasteiger charge is -2.43. The van der Waals surface area contributed by atoms with Crippen molar-refractivity contribution in [2.24, 2.45) is 11.8 Å². The van der Waals surface area contributed by atoms with Gasteiger partial charge in [0.1, 0.15) is 17.4 Å². The molecule has 1 unspecified atom stereocenters. The van der Waals surface area contributed by atoms with Crippen LogP contribution in [-0.4, -0.2) is 44.8 Å². The minimum Gasteiger partial charge on any atom is -0.504 e. The number of benzene rings is 2. The fraction of sp³-hybridized carbons (Fsp3) is 0.250. The van der Waals surface area contributed by atoms with E-state index in [1.807, 2.05) is 54.2 Å². The third-order valence-corrected chi connectivity index (χ3v) is 7.04. The molecule has 3 heterocycles. The van der Waals surface area contributed by atoms with Crippen molar-refractivity contribution < 1.29 is 38.7 Å². The summed E-state index contributed by atoms with van der Waals surface area (Å²) in [6.07, 6.45) is 3.72. The number of fused-ring (bicyclic) bond motifs is 2. The number of nitrogens with zero attached hydrogens (tertiary/aromatic N) is 2. The van der Waals surface area contributed by atoms with Gasteiger partial charge in [0.05, 0.1) is 6.04 Å². The molecule has 3 atom stereocenters. The number of carbonyl (C=O) groups is 4. The molecule has 1 amide bonds. The second-order valence-electron chi connectivity index (χ2n) is 9.50. The van der Waals surface area contributed by atoms with E-state index < -0.39 is 29.8 Å². The number of rotatable bonds is 5. The van der Waals surface area contributed by atoms with Gasteiger partial charge in [-0.25, -0.2) is 9.36 Å². The van der Waals surface area contributed by atoms with Crippen LogP contribution in [0.2, 0.25) is 0 Å². The van der Waals surface area contributed by atoms with Gasteiger partial charge in [0, 0.05) is 29.9 Å². The number of amides is 1. The number of β-lactam (4-membered cyclic amide) rings is 1. The number of hydrogen-bond acceptors (Lipinski definition) is 7. The monoisotopic (exact) mass is 501 g/mol. The third kappa shape index (κ3) is 4.02. The van der Waals surface area contributed by atoms with Crippen LogP contribution in [0.25, 0.3) is 16.3 Å². The lowest BCUT2D eigenvalue weighted by Crippen LogP contribution is -2.62. The molecule has 37 heavy (non-hydrogen) atoms. The first-order valence-corrected chi connectivity index (χ1v) is 11.8. The molecule has 1 aromatic heterocycles. The van der Waals surface area contributed by atoms with E-state index in [0.29, 0.717) is 17.7 Å². The summed E-state index contributed by atoms with van der Waals surface area (Å²) in [5, 5.41) is 21.1. The van der Waals surface area contributed by atoms with Crippen molar-refractivity contribution in [3.8, 4) is 11.5 Å². The van der Waals surface area contributed by atoms with Crippen LogP contribution in [0, 0.1) is 11.8 Å². The maximum atomic E-state index is 12.8. The minimum absolute atomic E-state index is 0.00918. The number of phenolic OH excluding ortho intramolecular Hbond substituents is 2. The summed E-state index contributed by atoms with van der Waals surface area (Å²) in [5.41, 5.74) is 2.22. The molecule has 5 rings (SSSR count). The van der Waals surface area contributed by atoms with Crippen molar-refractivity contribution in [1.82, 2.24) is 4.90 Å². The molecule has 3 aromatic rings. The highest BCUT2D eigenvalue weighted by Crippen LogP contribution is 2.50. The average molecular weight is 502 g/mol. The van der Waals surface area contributed by atoms with Crippen molar-refractivity contribution in [2.75, 3.05) is 0 Å². The second kappa shape index (κ2) is 8.85. The standard InChI is InChI=1S/C28H24N2O7/c1-14-23(26(28(36)37-16(3)32)30-25(14)24(15(2)31)27(30)35)18-6-4-17(5-7-18)12-29-9-8-19-10-21(33)22(34)11-20(19)13-29/h4-11,13-14,24-25,34H,12H2,1-3H3/p+1/t14-,24+,25?/m0/s1. The topological polar surface area (TPSA) is 125 Å². The van der Waals surface area contributed by atoms with Crippen LogP contribution in [0.4, 0.5) is 0 Å². The third-order valence-electron chi connectivity index (χ3n) is 7.04. The Bertz CT molecular complexity index is 1520. The highest BCUT2D eigenvalue weighted by molar-refractivity contribution is 6.14. The van der Waals surface area contributed by atoms with Crippen molar-refractivity contribution >= 4 is 40.0 Å². The highest BCUT2D eigenvalue weighted by atomic mass is 16.6. The van der Waals surface area contributed by atoms with Gasteiger partial charge in [-0.3, -0.25) is 14.4 Å². The summed E-state index contributed by atoms with van der Waals surface area (Å²) in [6.45, 7) is 4.86. The first kappa shape index (κ1) is 24.2. The van der Waals surface area contributed by atoms with E-state index in [2.05, 4.69) is 0 Å². The Kier molecular flexibility index (Phi) is 5.78. The molecule has 0 saturated carbocycles. The van der Waals surface area contributed by atoms with Gasteiger partial charge in [-0.1, -0.05) is 31.2 Å². The maximum absolute atomic E-state index is 12.8. The van der Waals surface area contributed by atoms with E-state index in [1.54, 1.807) is 0 Å². The minimum atomic E-state index is -0.905. The molecule has 1 fully saturated rings. The van der Waals surface area contributed by atoms with Crippen molar-refractivity contribution in [3.05, 3.63) is 71.7 Å². The molecule has 188 valence electrons. The molecule has 0 spiro atoms. The Morgan fingerprint density at radius 1 is 1.00 bits per heavy atom. The zero-order valence-corrected chi connectivity index (χ0v) is 20.5. The quantitative estimate of drug-likeness (QED) is 0.181. The number of pyridine rings is 1. The number of aromatic hydroxyl groups is 2. The first-order valence-electron chi connectivity index (χ1n) is 11.8. The van der Waals surface area contributed by atoms with E-state index in [1.165, 1.54) is 24.0 Å². The summed E-state index contributed by atoms with van der Waals surface area (Å²) < 4.78 is 6.77. The zero-order chi connectivity index (χ0) is 26.6. The first-order chi connectivity index (χ1) is 17.6. The number of phenols is 2. The molecule has 2 N–H and O–H groups in total. The number of hydrogen-bond donors (Lipinski definition) is 2. The van der Waals surface area contributed by atoms with Crippen LogP contribution >= 0.6 is 0 Å². The van der Waals surface area contributed by atoms with Crippen LogP contribution < -0.4 is 4.57 Å². The lowest BCUT2D eigenvalue weighted by atomic mass is 9.77. The van der Waals surface area contributed by atoms with Crippen molar-refractivity contribution in [1.29, 1.82) is 0 Å². The van der Waals surface area contributed by atoms with E-state index in [0.717, 1.165) is 23.3 Å². The predicted molar refractivity (Wildman–Crippen MR) is 131 cm³/mol. The lowest BCUT2D eigenvalue weighted by molar-refractivity contribution is -0.687. The zero-order valence-electron chi connectivity index (χ0n) is 20.5. The Morgan fingerprint density at radius 3 is 2.27 bits per heavy atom. The van der Waals surface area contributed by atoms with Gasteiger partial charge in [-0.2, -0.15) is 0 Å². The van der Waals surface area contributed by atoms with Gasteiger partial charge in [-0.15, -0.1) is 0 Å². The summed E-state index contributed by atoms with van der Waals surface area (Å²) in [6, 6.07) is 11.8. The normalized spacial score (nSPS) is 20.6. The second-order valence-corrected chi connectivity index (χ2v) is 9.50. The fourth-order valence-electron chi connectivity index (χ4n) is 5.36. The molecule has 1 saturated heterocycles. The van der Waals surface area contributed by atoms with Gasteiger partial charge in [0.15, 0.2) is 30.4 Å². The smallest absolute Gasteiger partial charge is 0.363 e. The largest absolute Gasteiger partial charge is 0.504 e. The van der Waals surface area contributed by atoms with E-state index >= 15 is 0 Å². The molecule has 0 bridgehead atoms. The number of carbonyl (C=O) groups excluding carboxylic acids is 4. The van der Waals surface area contributed by atoms with Crippen LogP contribution in [0.5, 0.6) is 11.5 Å². The molecule has 2 aliphatic rings. The van der Waals surface area contributed by atoms with Gasteiger partial charge in [0.25, 0.3) is 0 Å². The maximum Gasteiger partial charge on any atom is 0.363 e. The summed E-state index contributed by atoms with van der Waals surface area (Å²) >= 11 is 0. The highest BCUT2D eigenvalue weighted by Gasteiger charge is 2.60. The SMILES string of the molecule is CC(=O)OC(=O)C1=C(c2ccc(C[n+]3ccc4cc(O)c(O)cc4c3)cc2)[C@H](C)C2[C@@H](C(C)=O)C(=O)N12. The Balaban J connectivity index is 1.46. The van der Waals surface area contributed by atoms with E-state index in [-0.39, 0.29) is 28.9 Å². The van der Waals surface area contributed by atoms with Gasteiger partial charge in [-0.05, 0) is 35.6 Å². The Labute approximate surface area is 212 Å². The Morgan fingerprint density at radius 2 is 1.65 bits per heavy atom. The number of Topliss-reactive ketones (excluding diaryl/α,β-unsaturated/α-hetero) is 1.